The van der Waals surface area contributed by atoms with Crippen LogP contribution in [0.2, 0.25) is 0 Å². The van der Waals surface area contributed by atoms with Crippen molar-refractivity contribution in [2.24, 2.45) is 5.73 Å². The number of hydrogen-bond donors (Lipinski definition) is 2. The van der Waals surface area contributed by atoms with Crippen LogP contribution in [0.25, 0.3) is 0 Å². The number of nitrogens with two attached hydrogens (primary N) is 1. The minimum Gasteiger partial charge on any atom is -0.388 e. The molecule has 2 nitrogen and oxygen atoms in total. The molecule has 1 aromatic carbocycles. The monoisotopic (exact) mass is 207 g/mol. The molecule has 0 spiro atoms. The van der Waals surface area contributed by atoms with Gasteiger partial charge in [0.1, 0.15) is 0 Å². The molecule has 0 aromatic heterocycles. The minimum absolute atomic E-state index is 0.164. The predicted octanol–water partition coefficient (Wildman–Crippen LogP) is 2.37. The lowest BCUT2D eigenvalue weighted by molar-refractivity contribution is 0.170. The highest BCUT2D eigenvalue weighted by Gasteiger charge is 2.14. The highest BCUT2D eigenvalue weighted by Crippen LogP contribution is 2.24. The summed E-state index contributed by atoms with van der Waals surface area (Å²) in [6.07, 6.45) is 0.193. The van der Waals surface area contributed by atoms with Gasteiger partial charge in [0.2, 0.25) is 0 Å². The van der Waals surface area contributed by atoms with E-state index in [0.717, 1.165) is 5.56 Å². The average Bonchev–Trinajstić information content (AvgIpc) is 2.17. The molecule has 1 aromatic rings. The van der Waals surface area contributed by atoms with Gasteiger partial charge in [-0.3, -0.25) is 0 Å². The van der Waals surface area contributed by atoms with E-state index in [2.05, 4.69) is 32.9 Å². The molecule has 0 aliphatic heterocycles. The average molecular weight is 207 g/mol. The van der Waals surface area contributed by atoms with Crippen LogP contribution in [0, 0.1) is 0 Å². The summed E-state index contributed by atoms with van der Waals surface area (Å²) in [7, 11) is 0. The molecule has 1 rings (SSSR count). The summed E-state index contributed by atoms with van der Waals surface area (Å²) >= 11 is 0. The first-order valence-electron chi connectivity index (χ1n) is 5.43. The highest BCUT2D eigenvalue weighted by atomic mass is 16.3. The van der Waals surface area contributed by atoms with Gasteiger partial charge in [-0.25, -0.2) is 0 Å². The van der Waals surface area contributed by atoms with Crippen molar-refractivity contribution in [3.8, 4) is 0 Å². The van der Waals surface area contributed by atoms with Crippen LogP contribution >= 0.6 is 0 Å². The van der Waals surface area contributed by atoms with Crippen LogP contribution < -0.4 is 5.73 Å². The first-order chi connectivity index (χ1) is 6.95. The summed E-state index contributed by atoms with van der Waals surface area (Å²) in [6.45, 7) is 7.05. The van der Waals surface area contributed by atoms with E-state index in [9.17, 15) is 5.11 Å². The van der Waals surface area contributed by atoms with Crippen molar-refractivity contribution in [1.29, 1.82) is 0 Å². The van der Waals surface area contributed by atoms with E-state index in [1.807, 2.05) is 12.1 Å². The summed E-state index contributed by atoms with van der Waals surface area (Å²) in [5, 5.41) is 9.73. The van der Waals surface area contributed by atoms with E-state index in [1.165, 1.54) is 5.56 Å². The van der Waals surface area contributed by atoms with Gasteiger partial charge >= 0.3 is 0 Å². The molecule has 0 radical (unpaired) electrons. The molecule has 0 saturated carbocycles. The van der Waals surface area contributed by atoms with Gasteiger partial charge in [-0.1, -0.05) is 45.0 Å². The summed E-state index contributed by atoms with van der Waals surface area (Å²) < 4.78 is 0. The smallest absolute Gasteiger partial charge is 0.0802 e. The molecule has 3 N–H and O–H groups in total. The lowest BCUT2D eigenvalue weighted by Gasteiger charge is -2.20. The van der Waals surface area contributed by atoms with Gasteiger partial charge in [0, 0.05) is 0 Å². The number of aliphatic hydroxyl groups excluding tert-OH is 1. The zero-order valence-electron chi connectivity index (χ0n) is 9.83. The maximum atomic E-state index is 9.73. The zero-order valence-corrected chi connectivity index (χ0v) is 9.83. The number of rotatable bonds is 3. The number of aliphatic hydroxyl groups is 1. The number of benzene rings is 1. The molecular formula is C13H21NO. The Morgan fingerprint density at radius 3 is 2.13 bits per heavy atom. The van der Waals surface area contributed by atoms with Crippen LogP contribution in [-0.2, 0) is 5.41 Å². The lowest BCUT2D eigenvalue weighted by atomic mass is 9.86. The third-order valence-corrected chi connectivity index (χ3v) is 2.60. The van der Waals surface area contributed by atoms with Crippen LogP contribution in [0.5, 0.6) is 0 Å². The third kappa shape index (κ3) is 3.33. The molecule has 1 unspecified atom stereocenters. The van der Waals surface area contributed by atoms with Gasteiger partial charge < -0.3 is 10.8 Å². The summed E-state index contributed by atoms with van der Waals surface area (Å²) in [5.41, 5.74) is 7.81. The van der Waals surface area contributed by atoms with Gasteiger partial charge in [-0.15, -0.1) is 0 Å². The molecular weight excluding hydrogens is 186 g/mol. The molecule has 2 heteroatoms. The fourth-order valence-electron chi connectivity index (χ4n) is 1.53. The molecule has 1 atom stereocenters. The summed E-state index contributed by atoms with van der Waals surface area (Å²) in [4.78, 5) is 0. The van der Waals surface area contributed by atoms with Gasteiger partial charge in [-0.05, 0) is 29.5 Å². The second kappa shape index (κ2) is 4.77. The van der Waals surface area contributed by atoms with E-state index >= 15 is 0 Å². The molecule has 0 aliphatic carbocycles. The second-order valence-corrected chi connectivity index (χ2v) is 4.97. The van der Waals surface area contributed by atoms with Crippen LogP contribution in [0.4, 0.5) is 0 Å². The third-order valence-electron chi connectivity index (χ3n) is 2.60. The maximum absolute atomic E-state index is 9.73. The Bertz CT molecular complexity index is 297. The molecule has 15 heavy (non-hydrogen) atoms. The van der Waals surface area contributed by atoms with Crippen molar-refractivity contribution in [2.75, 3.05) is 6.54 Å². The topological polar surface area (TPSA) is 46.2 Å². The zero-order chi connectivity index (χ0) is 11.5. The molecule has 0 saturated heterocycles. The van der Waals surface area contributed by atoms with E-state index < -0.39 is 6.10 Å². The fourth-order valence-corrected chi connectivity index (χ4v) is 1.53. The Morgan fingerprint density at radius 2 is 1.73 bits per heavy atom. The molecule has 0 amide bonds. The molecule has 0 bridgehead atoms. The first-order valence-corrected chi connectivity index (χ1v) is 5.43. The largest absolute Gasteiger partial charge is 0.388 e. The van der Waals surface area contributed by atoms with Crippen molar-refractivity contribution >= 4 is 0 Å². The van der Waals surface area contributed by atoms with Crippen molar-refractivity contribution in [3.63, 3.8) is 0 Å². The van der Waals surface area contributed by atoms with Gasteiger partial charge in [0.25, 0.3) is 0 Å². The van der Waals surface area contributed by atoms with Crippen LogP contribution in [0.15, 0.2) is 24.3 Å². The quantitative estimate of drug-likeness (QED) is 0.799. The van der Waals surface area contributed by atoms with E-state index in [0.29, 0.717) is 13.0 Å². The van der Waals surface area contributed by atoms with E-state index in [4.69, 9.17) is 5.73 Å². The first kappa shape index (κ1) is 12.2. The standard InChI is InChI=1S/C13H21NO/c1-13(2,3)11-6-4-10(5-7-11)12(15)8-9-14/h4-7,12,15H,8-9,14H2,1-3H3. The Balaban J connectivity index is 2.81. The SMILES string of the molecule is CC(C)(C)c1ccc(C(O)CCN)cc1. The minimum atomic E-state index is -0.427. The normalized spacial score (nSPS) is 13.9. The van der Waals surface area contributed by atoms with Gasteiger partial charge in [-0.2, -0.15) is 0 Å². The molecule has 0 fully saturated rings. The Kier molecular flexibility index (Phi) is 3.89. The molecule has 84 valence electrons. The van der Waals surface area contributed by atoms with E-state index in [-0.39, 0.29) is 5.41 Å². The van der Waals surface area contributed by atoms with Gasteiger partial charge in [0.15, 0.2) is 0 Å². The maximum Gasteiger partial charge on any atom is 0.0802 e. The van der Waals surface area contributed by atoms with Crippen molar-refractivity contribution in [3.05, 3.63) is 35.4 Å². The van der Waals surface area contributed by atoms with Crippen molar-refractivity contribution in [1.82, 2.24) is 0 Å². The van der Waals surface area contributed by atoms with Crippen molar-refractivity contribution < 1.29 is 5.11 Å². The Hall–Kier alpha value is -0.860. The Morgan fingerprint density at radius 1 is 1.20 bits per heavy atom. The van der Waals surface area contributed by atoms with Gasteiger partial charge in [0.05, 0.1) is 6.10 Å². The number of hydrogen-bond acceptors (Lipinski definition) is 2. The predicted molar refractivity (Wildman–Crippen MR) is 63.8 cm³/mol. The Labute approximate surface area is 92.1 Å². The fraction of sp³-hybridized carbons (Fsp3) is 0.538. The van der Waals surface area contributed by atoms with E-state index in [1.54, 1.807) is 0 Å². The van der Waals surface area contributed by atoms with Crippen LogP contribution in [0.1, 0.15) is 44.4 Å². The molecule has 0 heterocycles. The summed E-state index contributed by atoms with van der Waals surface area (Å²) in [6, 6.07) is 8.13. The second-order valence-electron chi connectivity index (χ2n) is 4.97. The van der Waals surface area contributed by atoms with Crippen molar-refractivity contribution in [2.45, 2.75) is 38.7 Å². The lowest BCUT2D eigenvalue weighted by Crippen LogP contribution is -2.11. The summed E-state index contributed by atoms with van der Waals surface area (Å²) in [5.74, 6) is 0. The van der Waals surface area contributed by atoms with Crippen LogP contribution in [-0.4, -0.2) is 11.7 Å². The molecule has 0 aliphatic rings. The van der Waals surface area contributed by atoms with Crippen LogP contribution in [0.3, 0.4) is 0 Å². The highest BCUT2D eigenvalue weighted by molar-refractivity contribution is 5.28.